The molecular formula is C14H10F3NO2. The van der Waals surface area contributed by atoms with E-state index in [0.717, 1.165) is 11.6 Å². The molecule has 20 heavy (non-hydrogen) atoms. The zero-order valence-corrected chi connectivity index (χ0v) is 10.4. The maximum Gasteiger partial charge on any atom is 0.416 e. The molecule has 1 aromatic carbocycles. The van der Waals surface area contributed by atoms with Gasteiger partial charge in [-0.15, -0.1) is 0 Å². The minimum absolute atomic E-state index is 0.174. The molecule has 0 bridgehead atoms. The summed E-state index contributed by atoms with van der Waals surface area (Å²) in [6.45, 7) is 1.75. The molecule has 0 amide bonds. The Morgan fingerprint density at radius 2 is 1.80 bits per heavy atom. The predicted octanol–water partition coefficient (Wildman–Crippen LogP) is 3.77. The largest absolute Gasteiger partial charge is 0.478 e. The van der Waals surface area contributed by atoms with Gasteiger partial charge < -0.3 is 5.11 Å². The number of pyridine rings is 1. The van der Waals surface area contributed by atoms with E-state index in [1.165, 1.54) is 12.3 Å². The second-order valence-electron chi connectivity index (χ2n) is 4.35. The van der Waals surface area contributed by atoms with Gasteiger partial charge in [0.1, 0.15) is 0 Å². The van der Waals surface area contributed by atoms with E-state index in [4.69, 9.17) is 5.11 Å². The average Bonchev–Trinajstić information content (AvgIpc) is 2.37. The number of aromatic carboxylic acids is 1. The van der Waals surface area contributed by atoms with Gasteiger partial charge in [0.25, 0.3) is 0 Å². The van der Waals surface area contributed by atoms with Crippen molar-refractivity contribution in [2.24, 2.45) is 0 Å². The second kappa shape index (κ2) is 4.96. The van der Waals surface area contributed by atoms with Crippen molar-refractivity contribution in [3.63, 3.8) is 0 Å². The first-order valence-corrected chi connectivity index (χ1v) is 5.65. The van der Waals surface area contributed by atoms with E-state index >= 15 is 0 Å². The fourth-order valence-electron chi connectivity index (χ4n) is 1.79. The molecule has 0 aliphatic carbocycles. The Kier molecular flexibility index (Phi) is 3.48. The van der Waals surface area contributed by atoms with Gasteiger partial charge in [0.2, 0.25) is 0 Å². The fraction of sp³-hybridized carbons (Fsp3) is 0.143. The van der Waals surface area contributed by atoms with Crippen molar-refractivity contribution >= 4 is 5.97 Å². The maximum atomic E-state index is 12.8. The molecule has 0 atom stereocenters. The Bertz CT molecular complexity index is 666. The molecule has 1 aromatic heterocycles. The topological polar surface area (TPSA) is 50.2 Å². The molecule has 0 radical (unpaired) electrons. The van der Waals surface area contributed by atoms with E-state index in [0.29, 0.717) is 11.6 Å². The fourth-order valence-corrected chi connectivity index (χ4v) is 1.79. The van der Waals surface area contributed by atoms with Crippen LogP contribution in [-0.4, -0.2) is 16.1 Å². The molecular weight excluding hydrogens is 271 g/mol. The molecule has 0 aliphatic heterocycles. The second-order valence-corrected chi connectivity index (χ2v) is 4.35. The van der Waals surface area contributed by atoms with Gasteiger partial charge in [-0.3, -0.25) is 4.98 Å². The molecule has 2 rings (SSSR count). The lowest BCUT2D eigenvalue weighted by atomic mass is 10.00. The predicted molar refractivity (Wildman–Crippen MR) is 66.4 cm³/mol. The van der Waals surface area contributed by atoms with Crippen molar-refractivity contribution in [3.05, 3.63) is 53.3 Å². The number of benzene rings is 1. The summed E-state index contributed by atoms with van der Waals surface area (Å²) in [4.78, 5) is 14.8. The molecule has 0 spiro atoms. The third-order valence-corrected chi connectivity index (χ3v) is 2.72. The summed E-state index contributed by atoms with van der Waals surface area (Å²) in [6, 6.07) is 4.39. The highest BCUT2D eigenvalue weighted by atomic mass is 19.4. The number of hydrogen-bond acceptors (Lipinski definition) is 2. The summed E-state index contributed by atoms with van der Waals surface area (Å²) in [5.41, 5.74) is -0.00551. The lowest BCUT2D eigenvalue weighted by Crippen LogP contribution is -2.08. The number of carbonyl (C=O) groups is 1. The first-order chi connectivity index (χ1) is 9.27. The van der Waals surface area contributed by atoms with Crippen molar-refractivity contribution in [3.8, 4) is 11.1 Å². The highest BCUT2D eigenvalue weighted by Gasteiger charge is 2.31. The molecule has 3 nitrogen and oxygen atoms in total. The number of aryl methyl sites for hydroxylation is 1. The van der Waals surface area contributed by atoms with Gasteiger partial charge in [-0.25, -0.2) is 4.79 Å². The summed E-state index contributed by atoms with van der Waals surface area (Å²) < 4.78 is 38.4. The molecule has 1 N–H and O–H groups in total. The van der Waals surface area contributed by atoms with Gasteiger partial charge in [-0.2, -0.15) is 13.2 Å². The van der Waals surface area contributed by atoms with Crippen LogP contribution in [0.25, 0.3) is 11.1 Å². The van der Waals surface area contributed by atoms with Crippen LogP contribution in [-0.2, 0) is 6.18 Å². The highest BCUT2D eigenvalue weighted by Crippen LogP contribution is 2.33. The molecule has 0 unspecified atom stereocenters. The van der Waals surface area contributed by atoms with Crippen molar-refractivity contribution < 1.29 is 23.1 Å². The minimum Gasteiger partial charge on any atom is -0.478 e. The van der Waals surface area contributed by atoms with Crippen LogP contribution in [0.4, 0.5) is 13.2 Å². The molecule has 0 fully saturated rings. The van der Waals surface area contributed by atoms with Gasteiger partial charge in [0.15, 0.2) is 0 Å². The Hall–Kier alpha value is -2.37. The van der Waals surface area contributed by atoms with Crippen LogP contribution in [0.2, 0.25) is 0 Å². The van der Waals surface area contributed by atoms with Gasteiger partial charge in [-0.05, 0) is 42.3 Å². The summed E-state index contributed by atoms with van der Waals surface area (Å²) in [5, 5.41) is 8.92. The number of carboxylic acid groups (broad SMARTS) is 1. The van der Waals surface area contributed by atoms with Gasteiger partial charge in [0, 0.05) is 18.0 Å². The highest BCUT2D eigenvalue weighted by molar-refractivity contribution is 5.89. The van der Waals surface area contributed by atoms with Crippen molar-refractivity contribution in [2.45, 2.75) is 13.1 Å². The monoisotopic (exact) mass is 281 g/mol. The molecule has 2 aromatic rings. The number of aromatic nitrogens is 1. The van der Waals surface area contributed by atoms with Crippen molar-refractivity contribution in [1.82, 2.24) is 4.98 Å². The number of halogens is 3. The Labute approximate surface area is 112 Å². The minimum atomic E-state index is -4.60. The Morgan fingerprint density at radius 3 is 2.35 bits per heavy atom. The summed E-state index contributed by atoms with van der Waals surface area (Å²) in [6.07, 6.45) is -1.64. The van der Waals surface area contributed by atoms with Crippen molar-refractivity contribution in [2.75, 3.05) is 0 Å². The molecule has 104 valence electrons. The van der Waals surface area contributed by atoms with E-state index in [-0.39, 0.29) is 5.56 Å². The van der Waals surface area contributed by atoms with Crippen molar-refractivity contribution in [1.29, 1.82) is 0 Å². The molecule has 0 aliphatic rings. The summed E-state index contributed by atoms with van der Waals surface area (Å²) >= 11 is 0. The van der Waals surface area contributed by atoms with E-state index in [2.05, 4.69) is 4.98 Å². The molecule has 1 heterocycles. The standard InChI is InChI=1S/C14H10F3NO2/c1-8-2-11(7-18-6-8)9-3-10(13(19)20)5-12(4-9)14(15,16)17/h2-7H,1H3,(H,19,20). The first kappa shape index (κ1) is 14.0. The van der Waals surface area contributed by atoms with E-state index in [9.17, 15) is 18.0 Å². The SMILES string of the molecule is Cc1cncc(-c2cc(C(=O)O)cc(C(F)(F)F)c2)c1. The zero-order chi connectivity index (χ0) is 14.9. The van der Waals surface area contributed by atoms with Crippen LogP contribution in [0.3, 0.4) is 0 Å². The van der Waals surface area contributed by atoms with Gasteiger partial charge in [-0.1, -0.05) is 0 Å². The number of hydrogen-bond donors (Lipinski definition) is 1. The molecule has 0 saturated carbocycles. The number of rotatable bonds is 2. The first-order valence-electron chi connectivity index (χ1n) is 5.65. The number of carboxylic acids is 1. The van der Waals surface area contributed by atoms with Gasteiger partial charge >= 0.3 is 12.1 Å². The summed E-state index contributed by atoms with van der Waals surface area (Å²) in [7, 11) is 0. The third kappa shape index (κ3) is 2.96. The normalized spacial score (nSPS) is 11.4. The Morgan fingerprint density at radius 1 is 1.10 bits per heavy atom. The molecule has 0 saturated heterocycles. The number of alkyl halides is 3. The van der Waals surface area contributed by atoms with Crippen LogP contribution >= 0.6 is 0 Å². The van der Waals surface area contributed by atoms with E-state index in [1.54, 1.807) is 19.2 Å². The van der Waals surface area contributed by atoms with Crippen LogP contribution in [0.15, 0.2) is 36.7 Å². The Balaban J connectivity index is 2.64. The van der Waals surface area contributed by atoms with E-state index < -0.39 is 23.3 Å². The van der Waals surface area contributed by atoms with Crippen LogP contribution in [0.5, 0.6) is 0 Å². The smallest absolute Gasteiger partial charge is 0.416 e. The number of nitrogens with zero attached hydrogens (tertiary/aromatic N) is 1. The zero-order valence-electron chi connectivity index (χ0n) is 10.4. The lowest BCUT2D eigenvalue weighted by molar-refractivity contribution is -0.137. The van der Waals surface area contributed by atoms with Crippen LogP contribution in [0.1, 0.15) is 21.5 Å². The maximum absolute atomic E-state index is 12.8. The average molecular weight is 281 g/mol. The lowest BCUT2D eigenvalue weighted by Gasteiger charge is -2.11. The third-order valence-electron chi connectivity index (χ3n) is 2.72. The van der Waals surface area contributed by atoms with Crippen LogP contribution < -0.4 is 0 Å². The van der Waals surface area contributed by atoms with Gasteiger partial charge in [0.05, 0.1) is 11.1 Å². The summed E-state index contributed by atoms with van der Waals surface area (Å²) in [5.74, 6) is -1.40. The van der Waals surface area contributed by atoms with E-state index in [1.807, 2.05) is 0 Å². The van der Waals surface area contributed by atoms with Crippen LogP contribution in [0, 0.1) is 6.92 Å². The molecule has 6 heteroatoms. The quantitative estimate of drug-likeness (QED) is 0.911.